The average molecular weight is 274 g/mol. The molecule has 7 heteroatoms. The third-order valence-electron chi connectivity index (χ3n) is 2.13. The summed E-state index contributed by atoms with van der Waals surface area (Å²) in [5.74, 6) is -3.96. The molecule has 0 aliphatic rings. The number of pyridine rings is 1. The first-order valence-electron chi connectivity index (χ1n) is 4.80. The van der Waals surface area contributed by atoms with Gasteiger partial charge in [-0.3, -0.25) is 0 Å². The number of nitrogens with zero attached hydrogens (tertiary/aromatic N) is 1. The van der Waals surface area contributed by atoms with Gasteiger partial charge in [-0.25, -0.2) is 18.2 Å². The molecule has 0 amide bonds. The SMILES string of the molecule is Nc1cc(Cl)cnc1Nc1cc(F)c(F)c(F)c1. The fourth-order valence-electron chi connectivity index (χ4n) is 1.32. The number of hydrogen-bond acceptors (Lipinski definition) is 3. The summed E-state index contributed by atoms with van der Waals surface area (Å²) in [6.45, 7) is 0. The highest BCUT2D eigenvalue weighted by atomic mass is 35.5. The maximum Gasteiger partial charge on any atom is 0.194 e. The van der Waals surface area contributed by atoms with E-state index in [2.05, 4.69) is 10.3 Å². The first-order valence-corrected chi connectivity index (χ1v) is 5.18. The van der Waals surface area contributed by atoms with Crippen molar-refractivity contribution in [2.45, 2.75) is 0 Å². The Kier molecular flexibility index (Phi) is 3.29. The van der Waals surface area contributed by atoms with E-state index in [9.17, 15) is 13.2 Å². The number of anilines is 3. The molecule has 0 atom stereocenters. The average Bonchev–Trinajstić information content (AvgIpc) is 2.29. The van der Waals surface area contributed by atoms with E-state index in [1.165, 1.54) is 12.3 Å². The zero-order chi connectivity index (χ0) is 13.3. The first-order chi connectivity index (χ1) is 8.47. The van der Waals surface area contributed by atoms with E-state index >= 15 is 0 Å². The van der Waals surface area contributed by atoms with Gasteiger partial charge in [-0.05, 0) is 6.07 Å². The molecule has 0 unspecified atom stereocenters. The van der Waals surface area contributed by atoms with Gasteiger partial charge < -0.3 is 11.1 Å². The summed E-state index contributed by atoms with van der Waals surface area (Å²) >= 11 is 5.65. The smallest absolute Gasteiger partial charge is 0.194 e. The lowest BCUT2D eigenvalue weighted by Crippen LogP contribution is -2.01. The summed E-state index contributed by atoms with van der Waals surface area (Å²) < 4.78 is 38.7. The highest BCUT2D eigenvalue weighted by molar-refractivity contribution is 6.30. The summed E-state index contributed by atoms with van der Waals surface area (Å²) in [6, 6.07) is 3.02. The standard InChI is InChI=1S/C11H7ClF3N3/c12-5-1-9(16)11(17-4-5)18-6-2-7(13)10(15)8(14)3-6/h1-4H,16H2,(H,17,18). The molecule has 3 N–H and O–H groups in total. The minimum absolute atomic E-state index is 0.00655. The molecular weight excluding hydrogens is 267 g/mol. The molecule has 0 spiro atoms. The minimum atomic E-state index is -1.53. The molecule has 3 nitrogen and oxygen atoms in total. The van der Waals surface area contributed by atoms with E-state index in [-0.39, 0.29) is 17.2 Å². The van der Waals surface area contributed by atoms with Crippen molar-refractivity contribution in [3.63, 3.8) is 0 Å². The summed E-state index contributed by atoms with van der Waals surface area (Å²) in [5, 5.41) is 2.90. The first kappa shape index (κ1) is 12.5. The number of rotatable bonds is 2. The molecule has 0 radical (unpaired) electrons. The van der Waals surface area contributed by atoms with Crippen LogP contribution in [-0.4, -0.2) is 4.98 Å². The number of benzene rings is 1. The van der Waals surface area contributed by atoms with Crippen molar-refractivity contribution in [2.24, 2.45) is 0 Å². The van der Waals surface area contributed by atoms with Crippen molar-refractivity contribution < 1.29 is 13.2 Å². The van der Waals surface area contributed by atoms with Crippen molar-refractivity contribution in [2.75, 3.05) is 11.1 Å². The van der Waals surface area contributed by atoms with E-state index in [0.717, 1.165) is 12.1 Å². The largest absolute Gasteiger partial charge is 0.396 e. The van der Waals surface area contributed by atoms with Crippen molar-refractivity contribution in [3.8, 4) is 0 Å². The van der Waals surface area contributed by atoms with Gasteiger partial charge in [0, 0.05) is 24.0 Å². The van der Waals surface area contributed by atoms with Crippen LogP contribution >= 0.6 is 11.6 Å². The van der Waals surface area contributed by atoms with Crippen molar-refractivity contribution in [3.05, 3.63) is 46.9 Å². The van der Waals surface area contributed by atoms with Crippen LogP contribution in [0.1, 0.15) is 0 Å². The van der Waals surface area contributed by atoms with Crippen LogP contribution in [0.2, 0.25) is 5.02 Å². The number of nitrogen functional groups attached to an aromatic ring is 1. The Balaban J connectivity index is 2.34. The zero-order valence-electron chi connectivity index (χ0n) is 8.85. The van der Waals surface area contributed by atoms with Gasteiger partial charge in [-0.2, -0.15) is 0 Å². The second-order valence-corrected chi connectivity index (χ2v) is 3.91. The van der Waals surface area contributed by atoms with Gasteiger partial charge in [0.25, 0.3) is 0 Å². The normalized spacial score (nSPS) is 10.4. The van der Waals surface area contributed by atoms with Crippen LogP contribution in [0.15, 0.2) is 24.4 Å². The van der Waals surface area contributed by atoms with Crippen molar-refractivity contribution in [1.29, 1.82) is 0 Å². The van der Waals surface area contributed by atoms with Gasteiger partial charge in [-0.1, -0.05) is 11.6 Å². The van der Waals surface area contributed by atoms with Gasteiger partial charge in [0.15, 0.2) is 23.3 Å². The molecule has 94 valence electrons. The molecule has 2 aromatic rings. The van der Waals surface area contributed by atoms with Gasteiger partial charge in [0.05, 0.1) is 10.7 Å². The van der Waals surface area contributed by atoms with Crippen molar-refractivity contribution >= 4 is 28.8 Å². The summed E-state index contributed by atoms with van der Waals surface area (Å²) in [5.41, 5.74) is 5.80. The number of hydrogen-bond donors (Lipinski definition) is 2. The van der Waals surface area contributed by atoms with Gasteiger partial charge >= 0.3 is 0 Å². The molecule has 0 fully saturated rings. The van der Waals surface area contributed by atoms with E-state index in [4.69, 9.17) is 17.3 Å². The lowest BCUT2D eigenvalue weighted by Gasteiger charge is -2.09. The third kappa shape index (κ3) is 2.48. The van der Waals surface area contributed by atoms with E-state index in [1.54, 1.807) is 0 Å². The number of halogens is 4. The second-order valence-electron chi connectivity index (χ2n) is 3.47. The van der Waals surface area contributed by atoms with Crippen LogP contribution in [0.3, 0.4) is 0 Å². The Morgan fingerprint density at radius 1 is 1.11 bits per heavy atom. The molecule has 1 aromatic carbocycles. The third-order valence-corrected chi connectivity index (χ3v) is 2.34. The van der Waals surface area contributed by atoms with Crippen LogP contribution in [0.5, 0.6) is 0 Å². The highest BCUT2D eigenvalue weighted by Gasteiger charge is 2.11. The molecule has 2 rings (SSSR count). The fourth-order valence-corrected chi connectivity index (χ4v) is 1.49. The molecule has 0 aliphatic heterocycles. The van der Waals surface area contributed by atoms with E-state index in [0.29, 0.717) is 5.02 Å². The summed E-state index contributed by atoms with van der Waals surface area (Å²) in [7, 11) is 0. The maximum atomic E-state index is 13.0. The molecule has 0 saturated carbocycles. The van der Waals surface area contributed by atoms with Crippen LogP contribution in [0, 0.1) is 17.5 Å². The summed E-state index contributed by atoms with van der Waals surface area (Å²) in [4.78, 5) is 3.85. The quantitative estimate of drug-likeness (QED) is 0.824. The monoisotopic (exact) mass is 273 g/mol. The second kappa shape index (κ2) is 4.73. The van der Waals surface area contributed by atoms with Gasteiger partial charge in [-0.15, -0.1) is 0 Å². The topological polar surface area (TPSA) is 50.9 Å². The molecule has 18 heavy (non-hydrogen) atoms. The van der Waals surface area contributed by atoms with Crippen molar-refractivity contribution in [1.82, 2.24) is 4.98 Å². The number of nitrogens with two attached hydrogens (primary N) is 1. The predicted molar refractivity (Wildman–Crippen MR) is 63.3 cm³/mol. The predicted octanol–water partition coefficient (Wildman–Crippen LogP) is 3.48. The maximum absolute atomic E-state index is 13.0. The zero-order valence-corrected chi connectivity index (χ0v) is 9.60. The van der Waals surface area contributed by atoms with E-state index < -0.39 is 17.5 Å². The molecule has 0 aliphatic carbocycles. The molecule has 0 bridgehead atoms. The Hall–Kier alpha value is -1.95. The Labute approximate surface area is 105 Å². The Morgan fingerprint density at radius 2 is 1.72 bits per heavy atom. The lowest BCUT2D eigenvalue weighted by atomic mass is 10.2. The van der Waals surface area contributed by atoms with Gasteiger partial charge in [0.2, 0.25) is 0 Å². The number of nitrogens with one attached hydrogen (secondary N) is 1. The van der Waals surface area contributed by atoms with E-state index in [1.807, 2.05) is 0 Å². The highest BCUT2D eigenvalue weighted by Crippen LogP contribution is 2.25. The number of aromatic nitrogens is 1. The minimum Gasteiger partial charge on any atom is -0.396 e. The molecular formula is C11H7ClF3N3. The molecule has 0 saturated heterocycles. The lowest BCUT2D eigenvalue weighted by molar-refractivity contribution is 0.448. The fraction of sp³-hybridized carbons (Fsp3) is 0. The summed E-state index contributed by atoms with van der Waals surface area (Å²) in [6.07, 6.45) is 1.32. The Morgan fingerprint density at radius 3 is 2.28 bits per heavy atom. The van der Waals surface area contributed by atoms with Crippen LogP contribution < -0.4 is 11.1 Å². The van der Waals surface area contributed by atoms with Crippen LogP contribution in [-0.2, 0) is 0 Å². The van der Waals surface area contributed by atoms with Gasteiger partial charge in [0.1, 0.15) is 0 Å². The van der Waals surface area contributed by atoms with Crippen LogP contribution in [0.25, 0.3) is 0 Å². The Bertz CT molecular complexity index is 581. The van der Waals surface area contributed by atoms with Crippen LogP contribution in [0.4, 0.5) is 30.4 Å². The molecule has 1 heterocycles. The molecule has 1 aromatic heterocycles.